The zero-order chi connectivity index (χ0) is 9.31. The molecule has 2 atom stereocenters. The maximum absolute atomic E-state index is 10.1. The van der Waals surface area contributed by atoms with Gasteiger partial charge in [0.1, 0.15) is 0 Å². The summed E-state index contributed by atoms with van der Waals surface area (Å²) in [5.41, 5.74) is -0.346. The van der Waals surface area contributed by atoms with Crippen molar-refractivity contribution in [2.24, 2.45) is 5.92 Å². The molecule has 1 fully saturated rings. The molecule has 72 valence electrons. The zero-order valence-electron chi connectivity index (χ0n) is 7.99. The van der Waals surface area contributed by atoms with Crippen molar-refractivity contribution in [3.8, 4) is 0 Å². The van der Waals surface area contributed by atoms with E-state index >= 15 is 0 Å². The lowest BCUT2D eigenvalue weighted by Crippen LogP contribution is -2.13. The molecule has 0 amide bonds. The van der Waals surface area contributed by atoms with Crippen molar-refractivity contribution in [3.63, 3.8) is 0 Å². The molecule has 1 aromatic rings. The third-order valence-corrected chi connectivity index (χ3v) is 3.77. The topological polar surface area (TPSA) is 20.2 Å². The van der Waals surface area contributed by atoms with Crippen molar-refractivity contribution in [2.45, 2.75) is 38.2 Å². The lowest BCUT2D eigenvalue weighted by molar-refractivity contribution is 0.130. The normalized spacial score (nSPS) is 32.0. The number of hydrogen-bond donors (Lipinski definition) is 1. The van der Waals surface area contributed by atoms with Gasteiger partial charge in [-0.05, 0) is 30.2 Å². The van der Waals surface area contributed by atoms with E-state index in [0.29, 0.717) is 5.92 Å². The maximum atomic E-state index is 10.1. The average molecular weight is 196 g/mol. The number of thiophene rings is 1. The fourth-order valence-corrected chi connectivity index (χ4v) is 2.84. The second-order valence-corrected chi connectivity index (χ2v) is 5.08. The summed E-state index contributed by atoms with van der Waals surface area (Å²) >= 11 is 1.75. The first-order valence-corrected chi connectivity index (χ1v) is 5.87. The Morgan fingerprint density at radius 2 is 2.54 bits per heavy atom. The minimum atomic E-state index is -0.346. The highest BCUT2D eigenvalue weighted by Gasteiger charge is 2.51. The van der Waals surface area contributed by atoms with Crippen LogP contribution in [0.15, 0.2) is 17.5 Å². The van der Waals surface area contributed by atoms with Gasteiger partial charge in [-0.15, -0.1) is 11.3 Å². The van der Waals surface area contributed by atoms with Gasteiger partial charge < -0.3 is 5.11 Å². The molecule has 1 saturated carbocycles. The predicted molar refractivity (Wildman–Crippen MR) is 56.0 cm³/mol. The van der Waals surface area contributed by atoms with Gasteiger partial charge in [-0.2, -0.15) is 0 Å². The Morgan fingerprint density at radius 1 is 1.69 bits per heavy atom. The van der Waals surface area contributed by atoms with Gasteiger partial charge in [0.15, 0.2) is 0 Å². The third-order valence-electron chi connectivity index (χ3n) is 2.90. The van der Waals surface area contributed by atoms with Crippen LogP contribution in [0, 0.1) is 5.92 Å². The van der Waals surface area contributed by atoms with E-state index in [4.69, 9.17) is 0 Å². The van der Waals surface area contributed by atoms with E-state index < -0.39 is 0 Å². The van der Waals surface area contributed by atoms with Crippen molar-refractivity contribution in [1.82, 2.24) is 0 Å². The summed E-state index contributed by atoms with van der Waals surface area (Å²) in [6, 6.07) is 4.17. The molecule has 2 heteroatoms. The first kappa shape index (κ1) is 9.22. The molecule has 2 unspecified atom stereocenters. The van der Waals surface area contributed by atoms with Gasteiger partial charge in [0.25, 0.3) is 0 Å². The quantitative estimate of drug-likeness (QED) is 0.785. The molecule has 1 heterocycles. The molecule has 1 aromatic heterocycles. The number of hydrogen-bond acceptors (Lipinski definition) is 2. The van der Waals surface area contributed by atoms with E-state index in [1.54, 1.807) is 11.3 Å². The number of rotatable bonds is 4. The van der Waals surface area contributed by atoms with Gasteiger partial charge in [0.2, 0.25) is 0 Å². The second-order valence-electron chi connectivity index (χ2n) is 4.05. The lowest BCUT2D eigenvalue weighted by atomic mass is 10.1. The smallest absolute Gasteiger partial charge is 0.0728 e. The molecule has 0 saturated heterocycles. The minimum Gasteiger partial charge on any atom is -0.389 e. The van der Waals surface area contributed by atoms with E-state index in [1.807, 2.05) is 0 Å². The summed E-state index contributed by atoms with van der Waals surface area (Å²) in [5.74, 6) is 0.569. The van der Waals surface area contributed by atoms with Gasteiger partial charge in [-0.25, -0.2) is 0 Å². The van der Waals surface area contributed by atoms with Crippen LogP contribution in [0.2, 0.25) is 0 Å². The van der Waals surface area contributed by atoms with Crippen molar-refractivity contribution < 1.29 is 5.11 Å². The van der Waals surface area contributed by atoms with Gasteiger partial charge >= 0.3 is 0 Å². The third kappa shape index (κ3) is 1.94. The Morgan fingerprint density at radius 3 is 3.15 bits per heavy atom. The van der Waals surface area contributed by atoms with Crippen LogP contribution in [0.3, 0.4) is 0 Å². The summed E-state index contributed by atoms with van der Waals surface area (Å²) in [5, 5.41) is 12.2. The summed E-state index contributed by atoms with van der Waals surface area (Å²) < 4.78 is 0. The summed E-state index contributed by atoms with van der Waals surface area (Å²) in [4.78, 5) is 1.32. The van der Waals surface area contributed by atoms with E-state index in [-0.39, 0.29) is 5.60 Å². The summed E-state index contributed by atoms with van der Waals surface area (Å²) in [7, 11) is 0. The van der Waals surface area contributed by atoms with E-state index in [0.717, 1.165) is 12.8 Å². The van der Waals surface area contributed by atoms with Crippen LogP contribution in [-0.4, -0.2) is 10.7 Å². The summed E-state index contributed by atoms with van der Waals surface area (Å²) in [6.45, 7) is 2.18. The predicted octanol–water partition coefficient (Wildman–Crippen LogP) is 2.84. The van der Waals surface area contributed by atoms with Crippen molar-refractivity contribution in [2.75, 3.05) is 0 Å². The Labute approximate surface area is 83.4 Å². The van der Waals surface area contributed by atoms with Crippen molar-refractivity contribution in [1.29, 1.82) is 0 Å². The van der Waals surface area contributed by atoms with Crippen LogP contribution in [0.4, 0.5) is 0 Å². The molecule has 0 radical (unpaired) electrons. The molecule has 1 aliphatic rings. The highest BCUT2D eigenvalue weighted by Crippen LogP contribution is 2.48. The highest BCUT2D eigenvalue weighted by atomic mass is 32.1. The Hall–Kier alpha value is -0.340. The first-order valence-electron chi connectivity index (χ1n) is 4.99. The first-order chi connectivity index (χ1) is 6.24. The van der Waals surface area contributed by atoms with Crippen LogP contribution in [0.5, 0.6) is 0 Å². The molecule has 0 aliphatic heterocycles. The zero-order valence-corrected chi connectivity index (χ0v) is 8.81. The SMILES string of the molecule is CCCC1CC1(O)Cc1cccs1. The molecular weight excluding hydrogens is 180 g/mol. The molecule has 1 aliphatic carbocycles. The largest absolute Gasteiger partial charge is 0.389 e. The molecular formula is C11H16OS. The average Bonchev–Trinajstić information content (AvgIpc) is 2.52. The molecule has 1 nitrogen and oxygen atoms in total. The molecule has 0 spiro atoms. The number of aliphatic hydroxyl groups is 1. The van der Waals surface area contributed by atoms with Crippen LogP contribution < -0.4 is 0 Å². The van der Waals surface area contributed by atoms with Gasteiger partial charge in [0.05, 0.1) is 5.60 Å². The minimum absolute atomic E-state index is 0.346. The lowest BCUT2D eigenvalue weighted by Gasteiger charge is -2.07. The Bertz CT molecular complexity index is 268. The van der Waals surface area contributed by atoms with E-state index in [2.05, 4.69) is 24.4 Å². The molecule has 2 rings (SSSR count). The molecule has 0 aromatic carbocycles. The van der Waals surface area contributed by atoms with Crippen molar-refractivity contribution >= 4 is 11.3 Å². The highest BCUT2D eigenvalue weighted by molar-refractivity contribution is 7.09. The molecule has 1 N–H and O–H groups in total. The molecule has 13 heavy (non-hydrogen) atoms. The monoisotopic (exact) mass is 196 g/mol. The second kappa shape index (κ2) is 3.43. The van der Waals surface area contributed by atoms with Gasteiger partial charge in [-0.1, -0.05) is 19.4 Å². The Kier molecular flexibility index (Phi) is 2.43. The van der Waals surface area contributed by atoms with Crippen LogP contribution in [0.25, 0.3) is 0 Å². The van der Waals surface area contributed by atoms with Crippen LogP contribution in [-0.2, 0) is 6.42 Å². The van der Waals surface area contributed by atoms with Crippen LogP contribution in [0.1, 0.15) is 31.1 Å². The van der Waals surface area contributed by atoms with E-state index in [1.165, 1.54) is 17.7 Å². The summed E-state index contributed by atoms with van der Waals surface area (Å²) in [6.07, 6.45) is 4.26. The van der Waals surface area contributed by atoms with Crippen molar-refractivity contribution in [3.05, 3.63) is 22.4 Å². The fourth-order valence-electron chi connectivity index (χ4n) is 2.02. The van der Waals surface area contributed by atoms with Gasteiger partial charge in [0, 0.05) is 11.3 Å². The van der Waals surface area contributed by atoms with Gasteiger partial charge in [-0.3, -0.25) is 0 Å². The maximum Gasteiger partial charge on any atom is 0.0728 e. The Balaban J connectivity index is 1.90. The molecule has 0 bridgehead atoms. The van der Waals surface area contributed by atoms with E-state index in [9.17, 15) is 5.11 Å². The standard InChI is InChI=1S/C11H16OS/c1-2-4-9-7-11(9,12)8-10-5-3-6-13-10/h3,5-6,9,12H,2,4,7-8H2,1H3. The fraction of sp³-hybridized carbons (Fsp3) is 0.636. The van der Waals surface area contributed by atoms with Crippen LogP contribution >= 0.6 is 11.3 Å².